The highest BCUT2D eigenvalue weighted by Gasteiger charge is 2.10. The van der Waals surface area contributed by atoms with E-state index in [1.807, 2.05) is 23.5 Å². The third-order valence-electron chi connectivity index (χ3n) is 2.95. The summed E-state index contributed by atoms with van der Waals surface area (Å²) < 4.78 is 0. The minimum Gasteiger partial charge on any atom is -0.330 e. The van der Waals surface area contributed by atoms with E-state index >= 15 is 0 Å². The van der Waals surface area contributed by atoms with E-state index in [0.29, 0.717) is 12.5 Å². The maximum atomic E-state index is 5.89. The van der Waals surface area contributed by atoms with Crippen LogP contribution in [-0.2, 0) is 6.42 Å². The highest BCUT2D eigenvalue weighted by Crippen LogP contribution is 2.23. The molecular formula is C14H16ClNS. The quantitative estimate of drug-likeness (QED) is 0.866. The standard InChI is InChI=1S/C14H16ClNS/c15-13-6-3-11(4-7-13)12(10-16)5-8-14-2-1-9-17-14/h1-4,6-7,9,12H,5,8,10,16H2. The number of hydrogen-bond donors (Lipinski definition) is 1. The van der Waals surface area contributed by atoms with Crippen LogP contribution in [0.25, 0.3) is 0 Å². The van der Waals surface area contributed by atoms with Crippen LogP contribution < -0.4 is 5.73 Å². The molecule has 0 aliphatic rings. The first-order valence-corrected chi connectivity index (χ1v) is 7.03. The van der Waals surface area contributed by atoms with Gasteiger partial charge in [-0.3, -0.25) is 0 Å². The summed E-state index contributed by atoms with van der Waals surface area (Å²) in [5.74, 6) is 0.425. The Kier molecular flexibility index (Phi) is 4.60. The van der Waals surface area contributed by atoms with Gasteiger partial charge >= 0.3 is 0 Å². The maximum absolute atomic E-state index is 5.89. The molecule has 3 heteroatoms. The third-order valence-corrected chi connectivity index (χ3v) is 4.13. The van der Waals surface area contributed by atoms with Crippen LogP contribution in [0.4, 0.5) is 0 Å². The van der Waals surface area contributed by atoms with E-state index in [2.05, 4.69) is 29.6 Å². The molecule has 1 aromatic carbocycles. The molecule has 1 nitrogen and oxygen atoms in total. The lowest BCUT2D eigenvalue weighted by atomic mass is 9.94. The van der Waals surface area contributed by atoms with Crippen LogP contribution in [0.15, 0.2) is 41.8 Å². The summed E-state index contributed by atoms with van der Waals surface area (Å²) in [7, 11) is 0. The fraction of sp³-hybridized carbons (Fsp3) is 0.286. The smallest absolute Gasteiger partial charge is 0.0406 e. The molecule has 0 saturated heterocycles. The van der Waals surface area contributed by atoms with E-state index in [1.54, 1.807) is 0 Å². The molecule has 0 fully saturated rings. The van der Waals surface area contributed by atoms with Crippen molar-refractivity contribution >= 4 is 22.9 Å². The number of nitrogens with two attached hydrogens (primary N) is 1. The molecule has 1 unspecified atom stereocenters. The number of aryl methyl sites for hydroxylation is 1. The van der Waals surface area contributed by atoms with Crippen molar-refractivity contribution in [3.63, 3.8) is 0 Å². The Balaban J connectivity index is 1.99. The molecule has 0 bridgehead atoms. The lowest BCUT2D eigenvalue weighted by Gasteiger charge is -2.14. The Morgan fingerprint density at radius 3 is 2.53 bits per heavy atom. The van der Waals surface area contributed by atoms with Gasteiger partial charge in [0.2, 0.25) is 0 Å². The Morgan fingerprint density at radius 2 is 1.94 bits per heavy atom. The molecule has 1 aromatic heterocycles. The van der Waals surface area contributed by atoms with Gasteiger partial charge in [0.25, 0.3) is 0 Å². The Bertz CT molecular complexity index is 436. The minimum atomic E-state index is 0.425. The summed E-state index contributed by atoms with van der Waals surface area (Å²) in [4.78, 5) is 1.43. The number of rotatable bonds is 5. The summed E-state index contributed by atoms with van der Waals surface area (Å²) in [6.07, 6.45) is 2.20. The Morgan fingerprint density at radius 1 is 1.18 bits per heavy atom. The molecule has 17 heavy (non-hydrogen) atoms. The largest absolute Gasteiger partial charge is 0.330 e. The zero-order chi connectivity index (χ0) is 12.1. The first-order chi connectivity index (χ1) is 8.29. The summed E-state index contributed by atoms with van der Waals surface area (Å²) in [6, 6.07) is 12.3. The molecule has 2 N–H and O–H groups in total. The highest BCUT2D eigenvalue weighted by molar-refractivity contribution is 7.09. The molecule has 0 aliphatic carbocycles. The van der Waals surface area contributed by atoms with Gasteiger partial charge in [-0.15, -0.1) is 11.3 Å². The Hall–Kier alpha value is -0.830. The first-order valence-electron chi connectivity index (χ1n) is 5.77. The number of thiophene rings is 1. The first kappa shape index (κ1) is 12.6. The summed E-state index contributed by atoms with van der Waals surface area (Å²) >= 11 is 7.70. The second-order valence-corrected chi connectivity index (χ2v) is 5.57. The zero-order valence-electron chi connectivity index (χ0n) is 9.60. The molecule has 90 valence electrons. The molecule has 2 aromatic rings. The highest BCUT2D eigenvalue weighted by atomic mass is 35.5. The Labute approximate surface area is 111 Å². The second-order valence-electron chi connectivity index (χ2n) is 4.10. The predicted molar refractivity (Wildman–Crippen MR) is 75.9 cm³/mol. The topological polar surface area (TPSA) is 26.0 Å². The second kappa shape index (κ2) is 6.20. The van der Waals surface area contributed by atoms with E-state index in [-0.39, 0.29) is 0 Å². The van der Waals surface area contributed by atoms with Crippen molar-refractivity contribution in [2.75, 3.05) is 6.54 Å². The number of benzene rings is 1. The van der Waals surface area contributed by atoms with Gasteiger partial charge in [0, 0.05) is 9.90 Å². The average molecular weight is 266 g/mol. The summed E-state index contributed by atoms with van der Waals surface area (Å²) in [5.41, 5.74) is 7.14. The predicted octanol–water partition coefficient (Wildman–Crippen LogP) is 4.08. The average Bonchev–Trinajstić information content (AvgIpc) is 2.85. The van der Waals surface area contributed by atoms with E-state index in [9.17, 15) is 0 Å². The SMILES string of the molecule is NCC(CCc1cccs1)c1ccc(Cl)cc1. The fourth-order valence-corrected chi connectivity index (χ4v) is 2.78. The van der Waals surface area contributed by atoms with Crippen LogP contribution >= 0.6 is 22.9 Å². The molecule has 0 spiro atoms. The van der Waals surface area contributed by atoms with Crippen molar-refractivity contribution in [1.29, 1.82) is 0 Å². The van der Waals surface area contributed by atoms with Crippen LogP contribution in [0.1, 0.15) is 22.8 Å². The molecule has 0 amide bonds. The molecule has 1 heterocycles. The molecule has 1 atom stereocenters. The molecule has 0 radical (unpaired) electrons. The van der Waals surface area contributed by atoms with Crippen molar-refractivity contribution in [3.8, 4) is 0 Å². The minimum absolute atomic E-state index is 0.425. The summed E-state index contributed by atoms with van der Waals surface area (Å²) in [6.45, 7) is 0.688. The lowest BCUT2D eigenvalue weighted by Crippen LogP contribution is -2.13. The molecule has 2 rings (SSSR count). The number of hydrogen-bond acceptors (Lipinski definition) is 2. The van der Waals surface area contributed by atoms with Gasteiger partial charge in [-0.25, -0.2) is 0 Å². The molecule has 0 aliphatic heterocycles. The van der Waals surface area contributed by atoms with Gasteiger partial charge in [-0.1, -0.05) is 29.8 Å². The van der Waals surface area contributed by atoms with Crippen LogP contribution in [0.5, 0.6) is 0 Å². The lowest BCUT2D eigenvalue weighted by molar-refractivity contribution is 0.637. The van der Waals surface area contributed by atoms with E-state index in [4.69, 9.17) is 17.3 Å². The normalized spacial score (nSPS) is 12.6. The van der Waals surface area contributed by atoms with Crippen molar-refractivity contribution < 1.29 is 0 Å². The molecule has 0 saturated carbocycles. The fourth-order valence-electron chi connectivity index (χ4n) is 1.93. The van der Waals surface area contributed by atoms with Gasteiger partial charge in [0.05, 0.1) is 0 Å². The van der Waals surface area contributed by atoms with Crippen molar-refractivity contribution in [3.05, 3.63) is 57.2 Å². The monoisotopic (exact) mass is 265 g/mol. The third kappa shape index (κ3) is 3.56. The summed E-state index contributed by atoms with van der Waals surface area (Å²) in [5, 5.41) is 2.90. The van der Waals surface area contributed by atoms with Gasteiger partial charge in [-0.2, -0.15) is 0 Å². The number of halogens is 1. The van der Waals surface area contributed by atoms with Crippen molar-refractivity contribution in [2.45, 2.75) is 18.8 Å². The van der Waals surface area contributed by atoms with Gasteiger partial charge in [0.1, 0.15) is 0 Å². The van der Waals surface area contributed by atoms with Crippen LogP contribution in [0, 0.1) is 0 Å². The van der Waals surface area contributed by atoms with Crippen LogP contribution in [0.2, 0.25) is 5.02 Å². The molecular weight excluding hydrogens is 250 g/mol. The van der Waals surface area contributed by atoms with Crippen LogP contribution in [0.3, 0.4) is 0 Å². The van der Waals surface area contributed by atoms with Gasteiger partial charge < -0.3 is 5.73 Å². The van der Waals surface area contributed by atoms with E-state index in [1.165, 1.54) is 10.4 Å². The van der Waals surface area contributed by atoms with Crippen molar-refractivity contribution in [2.24, 2.45) is 5.73 Å². The zero-order valence-corrected chi connectivity index (χ0v) is 11.2. The maximum Gasteiger partial charge on any atom is 0.0406 e. The van der Waals surface area contributed by atoms with Crippen molar-refractivity contribution in [1.82, 2.24) is 0 Å². The van der Waals surface area contributed by atoms with E-state index in [0.717, 1.165) is 17.9 Å². The van der Waals surface area contributed by atoms with E-state index < -0.39 is 0 Å². The van der Waals surface area contributed by atoms with Gasteiger partial charge in [-0.05, 0) is 54.4 Å². The van der Waals surface area contributed by atoms with Gasteiger partial charge in [0.15, 0.2) is 0 Å². The van der Waals surface area contributed by atoms with Crippen LogP contribution in [-0.4, -0.2) is 6.54 Å².